The number of nitrogens with zero attached hydrogens (tertiary/aromatic N) is 3. The maximum Gasteiger partial charge on any atom is 0.210 e. The smallest absolute Gasteiger partial charge is 0.210 e. The van der Waals surface area contributed by atoms with Crippen LogP contribution in [0.15, 0.2) is 36.5 Å². The van der Waals surface area contributed by atoms with Gasteiger partial charge in [0.05, 0.1) is 32.6 Å². The van der Waals surface area contributed by atoms with Crippen molar-refractivity contribution in [3.63, 3.8) is 0 Å². The number of benzene rings is 2. The number of carbonyl (C=O) groups excluding carboxylic acids is 1. The standard InChI is InChI=1S/C28H36N4O4/c1-4-36-28-17-22-20(15-27(28)35-3)7-10-32(19-33)25(22)8-9-30-11-13-31(14-12-30)26-18-29-24-6-5-21(34-2)16-23(24)26/h5-6,15-19,25,29H,4,7-14H2,1-3H3/t25-/m0/s1. The lowest BCUT2D eigenvalue weighted by atomic mass is 9.90. The van der Waals surface area contributed by atoms with Crippen molar-refractivity contribution in [3.8, 4) is 17.2 Å². The third kappa shape index (κ3) is 4.69. The minimum absolute atomic E-state index is 0.0514. The van der Waals surface area contributed by atoms with Crippen molar-refractivity contribution in [1.29, 1.82) is 0 Å². The van der Waals surface area contributed by atoms with Gasteiger partial charge in [-0.2, -0.15) is 0 Å². The summed E-state index contributed by atoms with van der Waals surface area (Å²) >= 11 is 0. The molecule has 0 unspecified atom stereocenters. The van der Waals surface area contributed by atoms with E-state index < -0.39 is 0 Å². The van der Waals surface area contributed by atoms with E-state index in [-0.39, 0.29) is 6.04 Å². The molecule has 1 fully saturated rings. The number of carbonyl (C=O) groups is 1. The molecule has 0 aliphatic carbocycles. The molecule has 8 nitrogen and oxygen atoms in total. The van der Waals surface area contributed by atoms with Crippen LogP contribution in [0.2, 0.25) is 0 Å². The first-order valence-electron chi connectivity index (χ1n) is 12.8. The van der Waals surface area contributed by atoms with E-state index in [1.807, 2.05) is 17.9 Å². The second-order valence-electron chi connectivity index (χ2n) is 9.45. The Bertz CT molecular complexity index is 1200. The Kier molecular flexibility index (Phi) is 7.23. The van der Waals surface area contributed by atoms with Crippen LogP contribution in [0.5, 0.6) is 17.2 Å². The van der Waals surface area contributed by atoms with Gasteiger partial charge in [-0.15, -0.1) is 0 Å². The average Bonchev–Trinajstić information content (AvgIpc) is 3.35. The minimum atomic E-state index is 0.0514. The van der Waals surface area contributed by atoms with E-state index in [2.05, 4.69) is 45.2 Å². The normalized spacial score (nSPS) is 18.2. The maximum absolute atomic E-state index is 11.9. The highest BCUT2D eigenvalue weighted by molar-refractivity contribution is 5.94. The number of ether oxygens (including phenoxy) is 3. The number of aromatic amines is 1. The van der Waals surface area contributed by atoms with Crippen molar-refractivity contribution < 1.29 is 19.0 Å². The van der Waals surface area contributed by atoms with Gasteiger partial charge < -0.3 is 29.0 Å². The van der Waals surface area contributed by atoms with E-state index in [1.54, 1.807) is 14.2 Å². The van der Waals surface area contributed by atoms with E-state index in [1.165, 1.54) is 22.2 Å². The summed E-state index contributed by atoms with van der Waals surface area (Å²) in [6.45, 7) is 8.14. The van der Waals surface area contributed by atoms with Crippen molar-refractivity contribution in [2.24, 2.45) is 0 Å². The van der Waals surface area contributed by atoms with Crippen LogP contribution >= 0.6 is 0 Å². The van der Waals surface area contributed by atoms with Crippen molar-refractivity contribution in [2.75, 3.05) is 65.0 Å². The molecule has 1 aromatic heterocycles. The van der Waals surface area contributed by atoms with Gasteiger partial charge in [-0.1, -0.05) is 0 Å². The molecule has 1 amide bonds. The Morgan fingerprint density at radius 3 is 2.58 bits per heavy atom. The van der Waals surface area contributed by atoms with Crippen LogP contribution in [0, 0.1) is 0 Å². The molecule has 0 radical (unpaired) electrons. The van der Waals surface area contributed by atoms with Crippen molar-refractivity contribution in [1.82, 2.24) is 14.8 Å². The topological polar surface area (TPSA) is 70.3 Å². The molecule has 1 N–H and O–H groups in total. The molecular weight excluding hydrogens is 456 g/mol. The fourth-order valence-corrected chi connectivity index (χ4v) is 5.59. The summed E-state index contributed by atoms with van der Waals surface area (Å²) in [5.41, 5.74) is 4.79. The first kappa shape index (κ1) is 24.3. The number of piperazine rings is 1. The monoisotopic (exact) mass is 492 g/mol. The highest BCUT2D eigenvalue weighted by atomic mass is 16.5. The van der Waals surface area contributed by atoms with E-state index in [4.69, 9.17) is 14.2 Å². The SMILES string of the molecule is CCOc1cc2c(cc1OC)CCN(C=O)[C@H]2CCN1CCN(c2c[nH]c3ccc(OC)cc23)CC1. The van der Waals surface area contributed by atoms with Gasteiger partial charge in [0.25, 0.3) is 0 Å². The lowest BCUT2D eigenvalue weighted by Gasteiger charge is -2.39. The van der Waals surface area contributed by atoms with Gasteiger partial charge >= 0.3 is 0 Å². The van der Waals surface area contributed by atoms with Crippen LogP contribution in [0.3, 0.4) is 0 Å². The number of anilines is 1. The number of rotatable bonds is 9. The molecule has 1 atom stereocenters. The van der Waals surface area contributed by atoms with E-state index in [0.29, 0.717) is 6.61 Å². The molecule has 0 spiro atoms. The van der Waals surface area contributed by atoms with E-state index in [0.717, 1.165) is 81.3 Å². The van der Waals surface area contributed by atoms with Crippen LogP contribution in [0.1, 0.15) is 30.5 Å². The van der Waals surface area contributed by atoms with Gasteiger partial charge in [-0.3, -0.25) is 9.69 Å². The summed E-state index contributed by atoms with van der Waals surface area (Å²) in [7, 11) is 3.38. The Hall–Kier alpha value is -3.39. The second kappa shape index (κ2) is 10.7. The summed E-state index contributed by atoms with van der Waals surface area (Å²) in [6, 6.07) is 10.4. The predicted molar refractivity (Wildman–Crippen MR) is 141 cm³/mol. The van der Waals surface area contributed by atoms with Gasteiger partial charge in [0.15, 0.2) is 11.5 Å². The number of hydrogen-bond donors (Lipinski definition) is 1. The molecule has 8 heteroatoms. The van der Waals surface area contributed by atoms with Gasteiger partial charge in [-0.25, -0.2) is 0 Å². The zero-order valence-corrected chi connectivity index (χ0v) is 21.5. The summed E-state index contributed by atoms with van der Waals surface area (Å²) in [4.78, 5) is 22.2. The molecule has 3 heterocycles. The molecule has 2 aliphatic rings. The molecule has 0 saturated carbocycles. The van der Waals surface area contributed by atoms with Crippen molar-refractivity contribution in [2.45, 2.75) is 25.8 Å². The Labute approximate surface area is 212 Å². The fraction of sp³-hybridized carbons (Fsp3) is 0.464. The maximum atomic E-state index is 11.9. The van der Waals surface area contributed by atoms with Crippen LogP contribution in [-0.4, -0.2) is 81.3 Å². The Morgan fingerprint density at radius 2 is 1.86 bits per heavy atom. The second-order valence-corrected chi connectivity index (χ2v) is 9.45. The zero-order valence-electron chi connectivity index (χ0n) is 21.5. The molecule has 192 valence electrons. The highest BCUT2D eigenvalue weighted by Gasteiger charge is 2.29. The quantitative estimate of drug-likeness (QED) is 0.458. The largest absolute Gasteiger partial charge is 0.497 e. The molecule has 5 rings (SSSR count). The molecule has 2 aliphatic heterocycles. The average molecular weight is 493 g/mol. The van der Waals surface area contributed by atoms with Gasteiger partial charge in [0.1, 0.15) is 5.75 Å². The fourth-order valence-electron chi connectivity index (χ4n) is 5.59. The highest BCUT2D eigenvalue weighted by Crippen LogP contribution is 2.39. The summed E-state index contributed by atoms with van der Waals surface area (Å²) in [6.07, 6.45) is 4.83. The van der Waals surface area contributed by atoms with Crippen molar-refractivity contribution >= 4 is 23.0 Å². The van der Waals surface area contributed by atoms with Crippen LogP contribution < -0.4 is 19.1 Å². The lowest BCUT2D eigenvalue weighted by Crippen LogP contribution is -2.47. The first-order chi connectivity index (χ1) is 17.6. The first-order valence-corrected chi connectivity index (χ1v) is 12.8. The number of aromatic nitrogens is 1. The molecule has 2 aromatic carbocycles. The zero-order chi connectivity index (χ0) is 25.1. The van der Waals surface area contributed by atoms with Crippen LogP contribution in [0.25, 0.3) is 10.9 Å². The van der Waals surface area contributed by atoms with Crippen molar-refractivity contribution in [3.05, 3.63) is 47.7 Å². The number of H-pyrrole nitrogens is 1. The third-order valence-electron chi connectivity index (χ3n) is 7.56. The number of methoxy groups -OCH3 is 2. The molecule has 3 aromatic rings. The molecule has 1 saturated heterocycles. The number of amides is 1. The number of hydrogen-bond acceptors (Lipinski definition) is 6. The van der Waals surface area contributed by atoms with Gasteiger partial charge in [0, 0.05) is 56.4 Å². The Morgan fingerprint density at radius 1 is 1.03 bits per heavy atom. The predicted octanol–water partition coefficient (Wildman–Crippen LogP) is 3.85. The molecule has 0 bridgehead atoms. The van der Waals surface area contributed by atoms with E-state index >= 15 is 0 Å². The molecule has 36 heavy (non-hydrogen) atoms. The minimum Gasteiger partial charge on any atom is -0.497 e. The molecular formula is C28H36N4O4. The summed E-state index contributed by atoms with van der Waals surface area (Å²) < 4.78 is 16.8. The summed E-state index contributed by atoms with van der Waals surface area (Å²) in [5.74, 6) is 2.39. The van der Waals surface area contributed by atoms with Crippen LogP contribution in [-0.2, 0) is 11.2 Å². The third-order valence-corrected chi connectivity index (χ3v) is 7.56. The van der Waals surface area contributed by atoms with Gasteiger partial charge in [-0.05, 0) is 61.2 Å². The van der Waals surface area contributed by atoms with E-state index in [9.17, 15) is 4.79 Å². The number of nitrogens with one attached hydrogen (secondary N) is 1. The summed E-state index contributed by atoms with van der Waals surface area (Å²) in [5, 5.41) is 1.20. The lowest BCUT2D eigenvalue weighted by molar-refractivity contribution is -0.121. The number of fused-ring (bicyclic) bond motifs is 2. The van der Waals surface area contributed by atoms with Crippen LogP contribution in [0.4, 0.5) is 5.69 Å². The Balaban J connectivity index is 1.26. The van der Waals surface area contributed by atoms with Gasteiger partial charge in [0.2, 0.25) is 6.41 Å².